The van der Waals surface area contributed by atoms with Crippen LogP contribution in [0.3, 0.4) is 0 Å². The molecule has 6 heteroatoms. The van der Waals surface area contributed by atoms with E-state index in [0.29, 0.717) is 38.9 Å². The summed E-state index contributed by atoms with van der Waals surface area (Å²) in [7, 11) is 0. The van der Waals surface area contributed by atoms with Gasteiger partial charge in [-0.3, -0.25) is 9.59 Å². The Labute approximate surface area is 171 Å². The minimum Gasteiger partial charge on any atom is -0.481 e. The number of aliphatic carboxylic acids is 1. The highest BCUT2D eigenvalue weighted by atomic mass is 16.5. The molecule has 1 aromatic rings. The number of hydrogen-bond donors (Lipinski definition) is 1. The zero-order valence-corrected chi connectivity index (χ0v) is 16.8. The summed E-state index contributed by atoms with van der Waals surface area (Å²) in [5.74, 6) is -1.79. The van der Waals surface area contributed by atoms with Gasteiger partial charge in [0.15, 0.2) is 0 Å². The van der Waals surface area contributed by atoms with Crippen LogP contribution in [0.2, 0.25) is 0 Å². The molecule has 0 unspecified atom stereocenters. The first-order valence-electron chi connectivity index (χ1n) is 10.4. The number of ether oxygens (including phenoxy) is 2. The van der Waals surface area contributed by atoms with E-state index in [4.69, 9.17) is 14.6 Å². The van der Waals surface area contributed by atoms with Crippen molar-refractivity contribution < 1.29 is 29.0 Å². The van der Waals surface area contributed by atoms with Crippen molar-refractivity contribution in [2.24, 2.45) is 11.8 Å². The standard InChI is InChI=1S/C23H30O6/c24-21(15-10-18-8-4-3-5-9-18)28-16-6-1-2-7-17-29-23(27)20-13-11-19(12-14-20)22(25)26/h3-5,8-10,15,19-20H,1-2,6-7,11-14,16-17H2,(H,25,26). The lowest BCUT2D eigenvalue weighted by atomic mass is 9.82. The lowest BCUT2D eigenvalue weighted by Gasteiger charge is -2.24. The fourth-order valence-corrected chi connectivity index (χ4v) is 3.37. The van der Waals surface area contributed by atoms with Crippen LogP contribution >= 0.6 is 0 Å². The quantitative estimate of drug-likeness (QED) is 0.338. The Balaban J connectivity index is 1.45. The molecule has 0 heterocycles. The van der Waals surface area contributed by atoms with E-state index in [1.165, 1.54) is 6.08 Å². The zero-order valence-electron chi connectivity index (χ0n) is 16.8. The van der Waals surface area contributed by atoms with Crippen LogP contribution in [0.1, 0.15) is 56.9 Å². The van der Waals surface area contributed by atoms with Crippen LogP contribution in [-0.2, 0) is 23.9 Å². The largest absolute Gasteiger partial charge is 0.481 e. The van der Waals surface area contributed by atoms with Crippen LogP contribution in [0, 0.1) is 11.8 Å². The summed E-state index contributed by atoms with van der Waals surface area (Å²) in [5, 5.41) is 8.98. The molecule has 29 heavy (non-hydrogen) atoms. The molecule has 1 fully saturated rings. The average Bonchev–Trinajstić information content (AvgIpc) is 2.74. The van der Waals surface area contributed by atoms with Crippen molar-refractivity contribution in [3.8, 4) is 0 Å². The summed E-state index contributed by atoms with van der Waals surface area (Å²) in [6.45, 7) is 0.766. The molecule has 0 radical (unpaired) electrons. The monoisotopic (exact) mass is 402 g/mol. The third kappa shape index (κ3) is 8.94. The van der Waals surface area contributed by atoms with E-state index >= 15 is 0 Å². The maximum Gasteiger partial charge on any atom is 0.330 e. The fourth-order valence-electron chi connectivity index (χ4n) is 3.37. The highest BCUT2D eigenvalue weighted by molar-refractivity contribution is 5.87. The Morgan fingerprint density at radius 2 is 1.45 bits per heavy atom. The van der Waals surface area contributed by atoms with Crippen LogP contribution in [0.4, 0.5) is 0 Å². The molecule has 1 aliphatic rings. The van der Waals surface area contributed by atoms with E-state index in [9.17, 15) is 14.4 Å². The zero-order chi connectivity index (χ0) is 20.9. The molecule has 2 rings (SSSR count). The maximum atomic E-state index is 12.0. The molecule has 6 nitrogen and oxygen atoms in total. The smallest absolute Gasteiger partial charge is 0.330 e. The van der Waals surface area contributed by atoms with E-state index in [1.54, 1.807) is 6.08 Å². The van der Waals surface area contributed by atoms with Gasteiger partial charge in [0.05, 0.1) is 25.0 Å². The Bertz CT molecular complexity index is 674. The van der Waals surface area contributed by atoms with Crippen LogP contribution < -0.4 is 0 Å². The lowest BCUT2D eigenvalue weighted by molar-refractivity contribution is -0.152. The number of carboxylic acid groups (broad SMARTS) is 1. The third-order valence-corrected chi connectivity index (χ3v) is 5.15. The molecule has 0 bridgehead atoms. The number of carbonyl (C=O) groups excluding carboxylic acids is 2. The molecule has 0 saturated heterocycles. The molecule has 0 aromatic heterocycles. The van der Waals surface area contributed by atoms with Crippen LogP contribution in [0.25, 0.3) is 6.08 Å². The fraction of sp³-hybridized carbons (Fsp3) is 0.522. The molecule has 1 aromatic carbocycles. The third-order valence-electron chi connectivity index (χ3n) is 5.15. The molecule has 0 aliphatic heterocycles. The van der Waals surface area contributed by atoms with Gasteiger partial charge in [-0.25, -0.2) is 4.79 Å². The van der Waals surface area contributed by atoms with Gasteiger partial charge in [0.2, 0.25) is 0 Å². The first-order chi connectivity index (χ1) is 14.1. The summed E-state index contributed by atoms with van der Waals surface area (Å²) in [5.41, 5.74) is 0.953. The number of unbranched alkanes of at least 4 members (excludes halogenated alkanes) is 3. The van der Waals surface area contributed by atoms with Gasteiger partial charge >= 0.3 is 17.9 Å². The second-order valence-electron chi connectivity index (χ2n) is 7.38. The number of hydrogen-bond acceptors (Lipinski definition) is 5. The Kier molecular flexibility index (Phi) is 9.96. The summed E-state index contributed by atoms with van der Waals surface area (Å²) in [6, 6.07) is 9.57. The Morgan fingerprint density at radius 1 is 0.862 bits per heavy atom. The van der Waals surface area contributed by atoms with E-state index in [-0.39, 0.29) is 23.8 Å². The van der Waals surface area contributed by atoms with Crippen LogP contribution in [0.15, 0.2) is 36.4 Å². The maximum absolute atomic E-state index is 12.0. The Morgan fingerprint density at radius 3 is 2.07 bits per heavy atom. The molecule has 0 atom stereocenters. The van der Waals surface area contributed by atoms with Crippen molar-refractivity contribution in [3.63, 3.8) is 0 Å². The predicted molar refractivity (Wildman–Crippen MR) is 109 cm³/mol. The van der Waals surface area contributed by atoms with Gasteiger partial charge in [-0.1, -0.05) is 30.3 Å². The molecule has 0 amide bonds. The van der Waals surface area contributed by atoms with Gasteiger partial charge in [-0.2, -0.15) is 0 Å². The normalized spacial score (nSPS) is 19.0. The minimum absolute atomic E-state index is 0.158. The molecular formula is C23H30O6. The number of carboxylic acids is 1. The molecule has 1 N–H and O–H groups in total. The molecule has 1 aliphatic carbocycles. The van der Waals surface area contributed by atoms with Crippen molar-refractivity contribution in [2.45, 2.75) is 51.4 Å². The first kappa shape index (κ1) is 22.7. The molecule has 0 spiro atoms. The Hall–Kier alpha value is -2.63. The van der Waals surface area contributed by atoms with Crippen LogP contribution in [-0.4, -0.2) is 36.2 Å². The van der Waals surface area contributed by atoms with Gasteiger partial charge in [0.1, 0.15) is 0 Å². The second kappa shape index (κ2) is 12.8. The number of rotatable bonds is 11. The number of carbonyl (C=O) groups is 3. The minimum atomic E-state index is -0.769. The van der Waals surface area contributed by atoms with E-state index in [2.05, 4.69) is 0 Å². The van der Waals surface area contributed by atoms with Crippen LogP contribution in [0.5, 0.6) is 0 Å². The SMILES string of the molecule is O=C(C=Cc1ccccc1)OCCCCCCOC(=O)C1CCC(C(=O)O)CC1. The summed E-state index contributed by atoms with van der Waals surface area (Å²) in [4.78, 5) is 34.6. The summed E-state index contributed by atoms with van der Waals surface area (Å²) >= 11 is 0. The van der Waals surface area contributed by atoms with Crippen molar-refractivity contribution in [3.05, 3.63) is 42.0 Å². The highest BCUT2D eigenvalue weighted by Crippen LogP contribution is 2.29. The van der Waals surface area contributed by atoms with Crippen molar-refractivity contribution in [1.29, 1.82) is 0 Å². The molecular weight excluding hydrogens is 372 g/mol. The van der Waals surface area contributed by atoms with Gasteiger partial charge in [-0.15, -0.1) is 0 Å². The highest BCUT2D eigenvalue weighted by Gasteiger charge is 2.30. The topological polar surface area (TPSA) is 89.9 Å². The van der Waals surface area contributed by atoms with Gasteiger partial charge in [-0.05, 0) is 63.0 Å². The predicted octanol–water partition coefficient (Wildman–Crippen LogP) is 4.24. The number of esters is 2. The van der Waals surface area contributed by atoms with E-state index in [0.717, 1.165) is 31.2 Å². The van der Waals surface area contributed by atoms with Gasteiger partial charge in [0.25, 0.3) is 0 Å². The number of benzene rings is 1. The van der Waals surface area contributed by atoms with Crippen molar-refractivity contribution in [1.82, 2.24) is 0 Å². The van der Waals surface area contributed by atoms with Crippen molar-refractivity contribution >= 4 is 24.0 Å². The van der Waals surface area contributed by atoms with E-state index in [1.807, 2.05) is 30.3 Å². The lowest BCUT2D eigenvalue weighted by Crippen LogP contribution is -2.27. The molecule has 158 valence electrons. The van der Waals surface area contributed by atoms with E-state index < -0.39 is 5.97 Å². The average molecular weight is 402 g/mol. The summed E-state index contributed by atoms with van der Waals surface area (Å²) < 4.78 is 10.5. The van der Waals surface area contributed by atoms with Gasteiger partial charge in [0, 0.05) is 6.08 Å². The second-order valence-corrected chi connectivity index (χ2v) is 7.38. The van der Waals surface area contributed by atoms with Crippen molar-refractivity contribution in [2.75, 3.05) is 13.2 Å². The molecule has 1 saturated carbocycles. The summed E-state index contributed by atoms with van der Waals surface area (Å²) in [6.07, 6.45) is 8.80. The van der Waals surface area contributed by atoms with Gasteiger partial charge < -0.3 is 14.6 Å². The first-order valence-corrected chi connectivity index (χ1v) is 10.4.